The van der Waals surface area contributed by atoms with E-state index in [0.717, 1.165) is 18.0 Å². The topological polar surface area (TPSA) is 114 Å². The van der Waals surface area contributed by atoms with Gasteiger partial charge in [0, 0.05) is 19.7 Å². The molecule has 0 aliphatic rings. The SMILES string of the molecule is CN(CCC(=O)O)C(=O)CSc1ccc([N+](=O)[O-])cn1. The van der Waals surface area contributed by atoms with Crippen LogP contribution in [0.5, 0.6) is 0 Å². The van der Waals surface area contributed by atoms with E-state index < -0.39 is 10.9 Å². The highest BCUT2D eigenvalue weighted by Crippen LogP contribution is 2.18. The number of aliphatic carboxylic acids is 1. The van der Waals surface area contributed by atoms with Crippen molar-refractivity contribution in [2.75, 3.05) is 19.3 Å². The van der Waals surface area contributed by atoms with Crippen molar-refractivity contribution in [1.29, 1.82) is 0 Å². The van der Waals surface area contributed by atoms with Gasteiger partial charge >= 0.3 is 5.97 Å². The van der Waals surface area contributed by atoms with Gasteiger partial charge in [0.15, 0.2) is 0 Å². The van der Waals surface area contributed by atoms with Gasteiger partial charge in [0.05, 0.1) is 22.1 Å². The summed E-state index contributed by atoms with van der Waals surface area (Å²) < 4.78 is 0. The molecular weight excluding hydrogens is 286 g/mol. The summed E-state index contributed by atoms with van der Waals surface area (Å²) in [6.45, 7) is 0.141. The zero-order valence-electron chi connectivity index (χ0n) is 10.7. The largest absolute Gasteiger partial charge is 0.481 e. The van der Waals surface area contributed by atoms with Crippen molar-refractivity contribution < 1.29 is 19.6 Å². The van der Waals surface area contributed by atoms with Gasteiger partial charge in [-0.1, -0.05) is 11.8 Å². The van der Waals surface area contributed by atoms with Gasteiger partial charge in [0.2, 0.25) is 5.91 Å². The van der Waals surface area contributed by atoms with Crippen molar-refractivity contribution in [2.45, 2.75) is 11.4 Å². The van der Waals surface area contributed by atoms with Crippen LogP contribution in [0.25, 0.3) is 0 Å². The smallest absolute Gasteiger partial charge is 0.305 e. The molecule has 108 valence electrons. The van der Waals surface area contributed by atoms with Crippen molar-refractivity contribution in [1.82, 2.24) is 9.88 Å². The number of thioether (sulfide) groups is 1. The Labute approximate surface area is 118 Å². The summed E-state index contributed by atoms with van der Waals surface area (Å²) >= 11 is 1.14. The second kappa shape index (κ2) is 7.43. The first-order valence-corrected chi connectivity index (χ1v) is 6.57. The lowest BCUT2D eigenvalue weighted by Gasteiger charge is -2.15. The molecule has 1 amide bonds. The lowest BCUT2D eigenvalue weighted by Crippen LogP contribution is -2.30. The van der Waals surface area contributed by atoms with Crippen LogP contribution in [-0.2, 0) is 9.59 Å². The fraction of sp³-hybridized carbons (Fsp3) is 0.364. The predicted molar refractivity (Wildman–Crippen MR) is 71.5 cm³/mol. The van der Waals surface area contributed by atoms with E-state index in [2.05, 4.69) is 4.98 Å². The molecule has 0 bridgehead atoms. The maximum Gasteiger partial charge on any atom is 0.305 e. The Hall–Kier alpha value is -2.16. The molecule has 20 heavy (non-hydrogen) atoms. The predicted octanol–water partition coefficient (Wildman–Crippen LogP) is 1.01. The molecular formula is C11H13N3O5S. The second-order valence-corrected chi connectivity index (χ2v) is 4.86. The van der Waals surface area contributed by atoms with Crippen molar-refractivity contribution >= 4 is 29.3 Å². The number of carbonyl (C=O) groups is 2. The zero-order chi connectivity index (χ0) is 15.1. The summed E-state index contributed by atoms with van der Waals surface area (Å²) in [6, 6.07) is 2.78. The number of hydrogen-bond acceptors (Lipinski definition) is 6. The molecule has 8 nitrogen and oxygen atoms in total. The van der Waals surface area contributed by atoms with Crippen LogP contribution in [0.2, 0.25) is 0 Å². The van der Waals surface area contributed by atoms with Crippen molar-refractivity contribution in [2.24, 2.45) is 0 Å². The highest BCUT2D eigenvalue weighted by Gasteiger charge is 2.12. The summed E-state index contributed by atoms with van der Waals surface area (Å²) in [5.41, 5.74) is -0.112. The van der Waals surface area contributed by atoms with Gasteiger partial charge in [-0.15, -0.1) is 0 Å². The highest BCUT2D eigenvalue weighted by atomic mass is 32.2. The molecule has 0 aromatic carbocycles. The summed E-state index contributed by atoms with van der Waals surface area (Å²) in [4.78, 5) is 37.1. The minimum atomic E-state index is -0.964. The van der Waals surface area contributed by atoms with Crippen LogP contribution in [0.3, 0.4) is 0 Å². The third kappa shape index (κ3) is 5.22. The fourth-order valence-electron chi connectivity index (χ4n) is 1.20. The number of nitrogens with zero attached hydrogens (tertiary/aromatic N) is 3. The molecule has 1 aromatic heterocycles. The molecule has 9 heteroatoms. The van der Waals surface area contributed by atoms with Gasteiger partial charge in [-0.05, 0) is 6.07 Å². The first-order chi connectivity index (χ1) is 9.40. The van der Waals surface area contributed by atoms with Crippen molar-refractivity contribution in [3.05, 3.63) is 28.4 Å². The summed E-state index contributed by atoms with van der Waals surface area (Å²) in [5, 5.41) is 19.5. The van der Waals surface area contributed by atoms with E-state index in [0.29, 0.717) is 5.03 Å². The number of carbonyl (C=O) groups excluding carboxylic acids is 1. The average molecular weight is 299 g/mol. The number of hydrogen-bond donors (Lipinski definition) is 1. The van der Waals surface area contributed by atoms with Gasteiger partial charge in [0.1, 0.15) is 6.20 Å². The highest BCUT2D eigenvalue weighted by molar-refractivity contribution is 7.99. The van der Waals surface area contributed by atoms with Gasteiger partial charge in [-0.3, -0.25) is 19.7 Å². The standard InChI is InChI=1S/C11H13N3O5S/c1-13(5-4-11(16)17)10(15)7-20-9-3-2-8(6-12-9)14(18)19/h2-3,6H,4-5,7H2,1H3,(H,16,17). The van der Waals surface area contributed by atoms with Crippen LogP contribution in [0.15, 0.2) is 23.4 Å². The number of carboxylic acids is 1. The zero-order valence-corrected chi connectivity index (χ0v) is 11.5. The summed E-state index contributed by atoms with van der Waals surface area (Å²) in [5.74, 6) is -1.09. The lowest BCUT2D eigenvalue weighted by atomic mass is 10.4. The first-order valence-electron chi connectivity index (χ1n) is 5.59. The molecule has 1 N–H and O–H groups in total. The summed E-state index contributed by atoms with van der Waals surface area (Å²) in [6.07, 6.45) is 1.02. The number of rotatable bonds is 7. The molecule has 1 rings (SSSR count). The Bertz CT molecular complexity index is 505. The molecule has 0 atom stereocenters. The van der Waals surface area contributed by atoms with Gasteiger partial charge in [-0.2, -0.15) is 0 Å². The lowest BCUT2D eigenvalue weighted by molar-refractivity contribution is -0.385. The number of aromatic nitrogens is 1. The quantitative estimate of drug-likeness (QED) is 0.454. The Kier molecular flexibility index (Phi) is 5.91. The summed E-state index contributed by atoms with van der Waals surface area (Å²) in [7, 11) is 1.52. The van der Waals surface area contributed by atoms with Crippen LogP contribution >= 0.6 is 11.8 Å². The Morgan fingerprint density at radius 1 is 1.50 bits per heavy atom. The molecule has 0 spiro atoms. The van der Waals surface area contributed by atoms with Crippen LogP contribution in [0.4, 0.5) is 5.69 Å². The number of amides is 1. The average Bonchev–Trinajstić information content (AvgIpc) is 2.42. The van der Waals surface area contributed by atoms with Crippen LogP contribution in [0, 0.1) is 10.1 Å². The molecule has 0 unspecified atom stereocenters. The van der Waals surface area contributed by atoms with E-state index in [1.807, 2.05) is 0 Å². The molecule has 0 aliphatic carbocycles. The van der Waals surface area contributed by atoms with E-state index in [1.165, 1.54) is 24.1 Å². The number of carboxylic acid groups (broad SMARTS) is 1. The van der Waals surface area contributed by atoms with E-state index in [-0.39, 0.29) is 30.3 Å². The Balaban J connectivity index is 2.44. The molecule has 0 aliphatic heterocycles. The molecule has 0 saturated heterocycles. The second-order valence-electron chi connectivity index (χ2n) is 3.86. The minimum Gasteiger partial charge on any atom is -0.481 e. The third-order valence-corrected chi connectivity index (χ3v) is 3.29. The normalized spacial score (nSPS) is 10.1. The van der Waals surface area contributed by atoms with Crippen molar-refractivity contribution in [3.8, 4) is 0 Å². The van der Waals surface area contributed by atoms with Crippen LogP contribution in [-0.4, -0.2) is 51.1 Å². The van der Waals surface area contributed by atoms with E-state index in [9.17, 15) is 19.7 Å². The molecule has 0 fully saturated rings. The molecule has 1 heterocycles. The maximum atomic E-state index is 11.7. The molecule has 0 saturated carbocycles. The maximum absolute atomic E-state index is 11.7. The monoisotopic (exact) mass is 299 g/mol. The Morgan fingerprint density at radius 2 is 2.20 bits per heavy atom. The minimum absolute atomic E-state index is 0.0981. The Morgan fingerprint density at radius 3 is 2.70 bits per heavy atom. The molecule has 0 radical (unpaired) electrons. The van der Waals surface area contributed by atoms with Crippen LogP contribution < -0.4 is 0 Å². The number of nitro groups is 1. The first kappa shape index (κ1) is 15.9. The van der Waals surface area contributed by atoms with Gasteiger partial charge < -0.3 is 10.0 Å². The van der Waals surface area contributed by atoms with Gasteiger partial charge in [-0.25, -0.2) is 4.98 Å². The fourth-order valence-corrected chi connectivity index (χ4v) is 1.98. The van der Waals surface area contributed by atoms with E-state index >= 15 is 0 Å². The molecule has 1 aromatic rings. The van der Waals surface area contributed by atoms with E-state index in [1.54, 1.807) is 0 Å². The van der Waals surface area contributed by atoms with Crippen LogP contribution in [0.1, 0.15) is 6.42 Å². The number of pyridine rings is 1. The van der Waals surface area contributed by atoms with Crippen molar-refractivity contribution in [3.63, 3.8) is 0 Å². The third-order valence-electron chi connectivity index (χ3n) is 2.36. The van der Waals surface area contributed by atoms with E-state index in [4.69, 9.17) is 5.11 Å². The van der Waals surface area contributed by atoms with Gasteiger partial charge in [0.25, 0.3) is 5.69 Å².